The molecule has 26 heavy (non-hydrogen) atoms. The molecule has 1 aliphatic rings. The minimum atomic E-state index is -0.283. The Hall–Kier alpha value is -2.21. The summed E-state index contributed by atoms with van der Waals surface area (Å²) in [5.74, 6) is 0.166. The van der Waals surface area contributed by atoms with Crippen LogP contribution < -0.4 is 0 Å². The van der Waals surface area contributed by atoms with Gasteiger partial charge in [0, 0.05) is 26.2 Å². The molecule has 5 nitrogen and oxygen atoms in total. The monoisotopic (exact) mass is 358 g/mol. The number of likely N-dealkylation sites (N-methyl/N-ethyl adjacent to an activating group) is 1. The van der Waals surface area contributed by atoms with Gasteiger partial charge in [-0.15, -0.1) is 0 Å². The van der Waals surface area contributed by atoms with E-state index in [9.17, 15) is 9.18 Å². The van der Waals surface area contributed by atoms with E-state index in [0.29, 0.717) is 11.5 Å². The van der Waals surface area contributed by atoms with Crippen LogP contribution in [-0.4, -0.2) is 58.7 Å². The summed E-state index contributed by atoms with van der Waals surface area (Å²) in [6.07, 6.45) is 0.740. The highest BCUT2D eigenvalue weighted by Gasteiger charge is 2.28. The van der Waals surface area contributed by atoms with Crippen molar-refractivity contribution in [3.8, 4) is 5.69 Å². The van der Waals surface area contributed by atoms with Gasteiger partial charge in [0.2, 0.25) is 0 Å². The summed E-state index contributed by atoms with van der Waals surface area (Å²) >= 11 is 0. The Labute approximate surface area is 154 Å². The molecule has 0 saturated carbocycles. The Morgan fingerprint density at radius 1 is 1.15 bits per heavy atom. The average Bonchev–Trinajstić information content (AvgIpc) is 2.91. The van der Waals surface area contributed by atoms with Gasteiger partial charge in [0.25, 0.3) is 5.91 Å². The Kier molecular flexibility index (Phi) is 5.41. The van der Waals surface area contributed by atoms with Crippen LogP contribution in [0.5, 0.6) is 0 Å². The molecule has 1 amide bonds. The van der Waals surface area contributed by atoms with Gasteiger partial charge < -0.3 is 9.80 Å². The number of rotatable bonds is 4. The summed E-state index contributed by atoms with van der Waals surface area (Å²) in [5, 5.41) is 4.72. The molecule has 0 N–H and O–H groups in total. The fourth-order valence-electron chi connectivity index (χ4n) is 3.37. The highest BCUT2D eigenvalue weighted by molar-refractivity contribution is 5.96. The van der Waals surface area contributed by atoms with Crippen molar-refractivity contribution in [2.45, 2.75) is 27.2 Å². The van der Waals surface area contributed by atoms with E-state index in [4.69, 9.17) is 5.10 Å². The van der Waals surface area contributed by atoms with E-state index in [0.717, 1.165) is 49.7 Å². The van der Waals surface area contributed by atoms with Crippen molar-refractivity contribution in [2.24, 2.45) is 5.92 Å². The second-order valence-corrected chi connectivity index (χ2v) is 7.49. The number of halogens is 1. The van der Waals surface area contributed by atoms with Crippen LogP contribution >= 0.6 is 0 Å². The molecular weight excluding hydrogens is 331 g/mol. The zero-order chi connectivity index (χ0) is 18.8. The zero-order valence-corrected chi connectivity index (χ0v) is 16.0. The molecule has 0 bridgehead atoms. The van der Waals surface area contributed by atoms with Gasteiger partial charge >= 0.3 is 0 Å². The van der Waals surface area contributed by atoms with Gasteiger partial charge in [-0.1, -0.05) is 13.8 Å². The number of benzene rings is 1. The molecule has 140 valence electrons. The van der Waals surface area contributed by atoms with Gasteiger partial charge in [-0.25, -0.2) is 9.07 Å². The predicted molar refractivity (Wildman–Crippen MR) is 100 cm³/mol. The summed E-state index contributed by atoms with van der Waals surface area (Å²) in [6, 6.07) is 6.22. The maximum atomic E-state index is 13.3. The number of amides is 1. The number of aromatic nitrogens is 2. The molecule has 0 spiro atoms. The maximum Gasteiger partial charge on any atom is 0.257 e. The quantitative estimate of drug-likeness (QED) is 0.844. The lowest BCUT2D eigenvalue weighted by molar-refractivity contribution is 0.0662. The van der Waals surface area contributed by atoms with E-state index in [-0.39, 0.29) is 11.7 Å². The molecule has 2 aromatic rings. The summed E-state index contributed by atoms with van der Waals surface area (Å²) in [7, 11) is 2.07. The van der Waals surface area contributed by atoms with Crippen molar-refractivity contribution in [1.82, 2.24) is 19.6 Å². The third-order valence-corrected chi connectivity index (χ3v) is 4.87. The Bertz CT molecular complexity index is 774. The molecule has 0 radical (unpaired) electrons. The minimum absolute atomic E-state index is 0.0552. The Balaban J connectivity index is 1.99. The van der Waals surface area contributed by atoms with Crippen LogP contribution in [0.1, 0.15) is 35.6 Å². The molecule has 0 atom stereocenters. The van der Waals surface area contributed by atoms with Gasteiger partial charge in [0.1, 0.15) is 5.82 Å². The van der Waals surface area contributed by atoms with E-state index in [1.165, 1.54) is 12.1 Å². The molecule has 1 aromatic heterocycles. The first-order valence-corrected chi connectivity index (χ1v) is 9.19. The standard InChI is InChI=1S/C20H27FN4O/c1-14(2)13-18-19(20(26)24-11-9-23(4)10-12-24)15(3)25(22-18)17-7-5-16(21)6-8-17/h5-8,14H,9-13H2,1-4H3. The highest BCUT2D eigenvalue weighted by atomic mass is 19.1. The minimum Gasteiger partial charge on any atom is -0.336 e. The van der Waals surface area contributed by atoms with Crippen molar-refractivity contribution >= 4 is 5.91 Å². The van der Waals surface area contributed by atoms with Crippen molar-refractivity contribution in [3.05, 3.63) is 47.0 Å². The Morgan fingerprint density at radius 3 is 2.35 bits per heavy atom. The molecule has 1 fully saturated rings. The summed E-state index contributed by atoms with van der Waals surface area (Å²) < 4.78 is 15.0. The number of carbonyl (C=O) groups excluding carboxylic acids is 1. The number of carbonyl (C=O) groups is 1. The molecule has 6 heteroatoms. The van der Waals surface area contributed by atoms with Gasteiger partial charge in [0.05, 0.1) is 22.6 Å². The summed E-state index contributed by atoms with van der Waals surface area (Å²) in [5.41, 5.74) is 3.11. The normalized spacial score (nSPS) is 15.7. The number of hydrogen-bond donors (Lipinski definition) is 0. The first kappa shape index (κ1) is 18.6. The van der Waals surface area contributed by atoms with Crippen molar-refractivity contribution in [2.75, 3.05) is 33.2 Å². The molecule has 1 saturated heterocycles. The number of piperazine rings is 1. The molecule has 1 aliphatic heterocycles. The predicted octanol–water partition coefficient (Wildman–Crippen LogP) is 2.91. The second-order valence-electron chi connectivity index (χ2n) is 7.49. The van der Waals surface area contributed by atoms with Gasteiger partial charge in [0.15, 0.2) is 0 Å². The van der Waals surface area contributed by atoms with Crippen LogP contribution in [0.15, 0.2) is 24.3 Å². The van der Waals surface area contributed by atoms with Crippen molar-refractivity contribution in [3.63, 3.8) is 0 Å². The van der Waals surface area contributed by atoms with E-state index >= 15 is 0 Å². The van der Waals surface area contributed by atoms with Gasteiger partial charge in [-0.3, -0.25) is 4.79 Å². The smallest absolute Gasteiger partial charge is 0.257 e. The highest BCUT2D eigenvalue weighted by Crippen LogP contribution is 2.23. The van der Waals surface area contributed by atoms with Crippen LogP contribution in [-0.2, 0) is 6.42 Å². The lowest BCUT2D eigenvalue weighted by atomic mass is 10.0. The van der Waals surface area contributed by atoms with Crippen molar-refractivity contribution < 1.29 is 9.18 Å². The van der Waals surface area contributed by atoms with Crippen LogP contribution in [0.3, 0.4) is 0 Å². The molecular formula is C20H27FN4O. The maximum absolute atomic E-state index is 13.3. The van der Waals surface area contributed by atoms with E-state index < -0.39 is 0 Å². The summed E-state index contributed by atoms with van der Waals surface area (Å²) in [4.78, 5) is 17.4. The largest absolute Gasteiger partial charge is 0.336 e. The third kappa shape index (κ3) is 3.80. The zero-order valence-electron chi connectivity index (χ0n) is 16.0. The average molecular weight is 358 g/mol. The van der Waals surface area contributed by atoms with Crippen LogP contribution in [0.25, 0.3) is 5.69 Å². The van der Waals surface area contributed by atoms with E-state index in [1.54, 1.807) is 16.8 Å². The van der Waals surface area contributed by atoms with E-state index in [1.807, 2.05) is 11.8 Å². The molecule has 3 rings (SSSR count). The van der Waals surface area contributed by atoms with E-state index in [2.05, 4.69) is 25.8 Å². The van der Waals surface area contributed by atoms with Crippen LogP contribution in [0.2, 0.25) is 0 Å². The van der Waals surface area contributed by atoms with Crippen LogP contribution in [0, 0.1) is 18.7 Å². The first-order chi connectivity index (χ1) is 12.4. The molecule has 0 aliphatic carbocycles. The lowest BCUT2D eigenvalue weighted by Crippen LogP contribution is -2.47. The van der Waals surface area contributed by atoms with Crippen molar-refractivity contribution in [1.29, 1.82) is 0 Å². The Morgan fingerprint density at radius 2 is 1.77 bits per heavy atom. The first-order valence-electron chi connectivity index (χ1n) is 9.19. The third-order valence-electron chi connectivity index (χ3n) is 4.87. The SMILES string of the molecule is Cc1c(C(=O)N2CCN(C)CC2)c(CC(C)C)nn1-c1ccc(F)cc1. The van der Waals surface area contributed by atoms with Crippen LogP contribution in [0.4, 0.5) is 4.39 Å². The summed E-state index contributed by atoms with van der Waals surface area (Å²) in [6.45, 7) is 9.40. The van der Waals surface area contributed by atoms with Gasteiger partial charge in [-0.05, 0) is 50.6 Å². The molecule has 1 aromatic carbocycles. The fourth-order valence-corrected chi connectivity index (χ4v) is 3.37. The molecule has 2 heterocycles. The molecule has 0 unspecified atom stereocenters. The lowest BCUT2D eigenvalue weighted by Gasteiger charge is -2.32. The fraction of sp³-hybridized carbons (Fsp3) is 0.500. The number of hydrogen-bond acceptors (Lipinski definition) is 3. The second kappa shape index (κ2) is 7.58. The topological polar surface area (TPSA) is 41.4 Å². The number of nitrogens with zero attached hydrogens (tertiary/aromatic N) is 4. The van der Waals surface area contributed by atoms with Gasteiger partial charge in [-0.2, -0.15) is 5.10 Å².